The van der Waals surface area contributed by atoms with Crippen molar-refractivity contribution in [3.63, 3.8) is 0 Å². The Morgan fingerprint density at radius 3 is 2.47 bits per heavy atom. The first-order chi connectivity index (χ1) is 7.11. The Morgan fingerprint density at radius 2 is 1.93 bits per heavy atom. The maximum Gasteiger partial charge on any atom is 0.172 e. The minimum absolute atomic E-state index is 0.248. The van der Waals surface area contributed by atoms with Gasteiger partial charge in [0.2, 0.25) is 0 Å². The summed E-state index contributed by atoms with van der Waals surface area (Å²) >= 11 is 0. The van der Waals surface area contributed by atoms with Crippen molar-refractivity contribution in [1.29, 1.82) is 0 Å². The Kier molecular flexibility index (Phi) is 2.67. The lowest BCUT2D eigenvalue weighted by Gasteiger charge is -2.24. The fourth-order valence-electron chi connectivity index (χ4n) is 1.85. The van der Waals surface area contributed by atoms with Crippen LogP contribution in [0, 0.1) is 0 Å². The summed E-state index contributed by atoms with van der Waals surface area (Å²) in [6.07, 6.45) is 1.32. The highest BCUT2D eigenvalue weighted by molar-refractivity contribution is 7.92. The third kappa shape index (κ3) is 1.98. The van der Waals surface area contributed by atoms with Gasteiger partial charge in [-0.15, -0.1) is 0 Å². The van der Waals surface area contributed by atoms with E-state index in [0.29, 0.717) is 12.8 Å². The Morgan fingerprint density at radius 1 is 1.27 bits per heavy atom. The summed E-state index contributed by atoms with van der Waals surface area (Å²) in [5.41, 5.74) is 0.743. The first-order valence-corrected chi connectivity index (χ1v) is 6.63. The number of hydrogen-bond acceptors (Lipinski definition) is 4. The van der Waals surface area contributed by atoms with Crippen LogP contribution in [0.25, 0.3) is 0 Å². The number of hydrogen-bond donors (Lipinski definition) is 1. The van der Waals surface area contributed by atoms with Crippen LogP contribution in [0.3, 0.4) is 0 Å². The van der Waals surface area contributed by atoms with Gasteiger partial charge in [0.05, 0.1) is 11.4 Å². The van der Waals surface area contributed by atoms with Crippen molar-refractivity contribution >= 4 is 15.5 Å². The van der Waals surface area contributed by atoms with Crippen molar-refractivity contribution in [2.45, 2.75) is 18.2 Å². The fraction of sp³-hybridized carbons (Fsp3) is 0.400. The molecule has 0 amide bonds. The zero-order valence-corrected chi connectivity index (χ0v) is 9.15. The average Bonchev–Trinajstić information content (AvgIpc) is 2.58. The molecular formula is C10H14N2O2S. The van der Waals surface area contributed by atoms with Crippen LogP contribution in [0.4, 0.5) is 5.69 Å². The van der Waals surface area contributed by atoms with Crippen LogP contribution < -0.4 is 10.9 Å². The van der Waals surface area contributed by atoms with Crippen LogP contribution in [0.15, 0.2) is 30.3 Å². The fourth-order valence-corrected chi connectivity index (χ4v) is 3.69. The molecule has 82 valence electrons. The lowest BCUT2D eigenvalue weighted by Crippen LogP contribution is -2.43. The number of sulfone groups is 1. The quantitative estimate of drug-likeness (QED) is 0.601. The normalized spacial score (nSPS) is 23.9. The number of hydrazine groups is 1. The lowest BCUT2D eigenvalue weighted by atomic mass is 10.3. The highest BCUT2D eigenvalue weighted by atomic mass is 32.2. The predicted molar refractivity (Wildman–Crippen MR) is 59.9 cm³/mol. The van der Waals surface area contributed by atoms with Gasteiger partial charge in [-0.3, -0.25) is 5.01 Å². The Bertz CT molecular complexity index is 430. The molecule has 1 aromatic carbocycles. The topological polar surface area (TPSA) is 63.4 Å². The summed E-state index contributed by atoms with van der Waals surface area (Å²) in [6.45, 7) is 0. The van der Waals surface area contributed by atoms with Crippen molar-refractivity contribution in [2.75, 3.05) is 10.8 Å². The van der Waals surface area contributed by atoms with Crippen molar-refractivity contribution in [3.8, 4) is 0 Å². The lowest BCUT2D eigenvalue weighted by molar-refractivity contribution is 0.584. The van der Waals surface area contributed by atoms with Crippen LogP contribution >= 0.6 is 0 Å². The SMILES string of the molecule is NN(c1ccccc1)C1CCCS1(=O)=O. The van der Waals surface area contributed by atoms with E-state index in [4.69, 9.17) is 5.84 Å². The number of anilines is 1. The average molecular weight is 226 g/mol. The van der Waals surface area contributed by atoms with E-state index in [2.05, 4.69) is 0 Å². The highest BCUT2D eigenvalue weighted by Crippen LogP contribution is 2.25. The molecule has 15 heavy (non-hydrogen) atoms. The van der Waals surface area contributed by atoms with E-state index < -0.39 is 15.2 Å². The molecule has 0 saturated carbocycles. The third-order valence-electron chi connectivity index (χ3n) is 2.66. The van der Waals surface area contributed by atoms with E-state index in [0.717, 1.165) is 5.69 Å². The zero-order chi connectivity index (χ0) is 10.9. The largest absolute Gasteiger partial charge is 0.293 e. The molecule has 2 N–H and O–H groups in total. The van der Waals surface area contributed by atoms with Crippen molar-refractivity contribution < 1.29 is 8.42 Å². The smallest absolute Gasteiger partial charge is 0.172 e. The maximum atomic E-state index is 11.7. The summed E-state index contributed by atoms with van der Waals surface area (Å²) in [6, 6.07) is 9.19. The number of benzene rings is 1. The maximum absolute atomic E-state index is 11.7. The van der Waals surface area contributed by atoms with Gasteiger partial charge in [-0.25, -0.2) is 14.3 Å². The predicted octanol–water partition coefficient (Wildman–Crippen LogP) is 0.901. The van der Waals surface area contributed by atoms with Crippen molar-refractivity contribution in [2.24, 2.45) is 5.84 Å². The molecular weight excluding hydrogens is 212 g/mol. The minimum Gasteiger partial charge on any atom is -0.293 e. The molecule has 1 aromatic rings. The molecule has 1 unspecified atom stereocenters. The molecule has 1 heterocycles. The molecule has 1 saturated heterocycles. The second-order valence-electron chi connectivity index (χ2n) is 3.71. The highest BCUT2D eigenvalue weighted by Gasteiger charge is 2.35. The van der Waals surface area contributed by atoms with E-state index in [1.165, 1.54) is 5.01 Å². The second-order valence-corrected chi connectivity index (χ2v) is 5.98. The van der Waals surface area contributed by atoms with E-state index >= 15 is 0 Å². The van der Waals surface area contributed by atoms with Gasteiger partial charge in [0.25, 0.3) is 0 Å². The van der Waals surface area contributed by atoms with Gasteiger partial charge in [-0.2, -0.15) is 0 Å². The zero-order valence-electron chi connectivity index (χ0n) is 8.33. The van der Waals surface area contributed by atoms with E-state index in [1.54, 1.807) is 0 Å². The molecule has 1 aliphatic rings. The third-order valence-corrected chi connectivity index (χ3v) is 4.81. The van der Waals surface area contributed by atoms with Crippen molar-refractivity contribution in [1.82, 2.24) is 0 Å². The van der Waals surface area contributed by atoms with Gasteiger partial charge >= 0.3 is 0 Å². The molecule has 5 heteroatoms. The molecule has 0 spiro atoms. The van der Waals surface area contributed by atoms with Crippen LogP contribution in [0.5, 0.6) is 0 Å². The molecule has 1 fully saturated rings. The molecule has 0 aromatic heterocycles. The molecule has 4 nitrogen and oxygen atoms in total. The van der Waals surface area contributed by atoms with Crippen LogP contribution in [0.1, 0.15) is 12.8 Å². The first kappa shape index (κ1) is 10.4. The molecule has 0 bridgehead atoms. The molecule has 0 aliphatic carbocycles. The number of nitrogens with zero attached hydrogens (tertiary/aromatic N) is 1. The Labute approximate surface area is 89.6 Å². The van der Waals surface area contributed by atoms with Crippen LogP contribution in [-0.2, 0) is 9.84 Å². The Balaban J connectivity index is 2.26. The monoisotopic (exact) mass is 226 g/mol. The number of nitrogens with two attached hydrogens (primary N) is 1. The van der Waals surface area contributed by atoms with Gasteiger partial charge in [0.15, 0.2) is 9.84 Å². The molecule has 0 radical (unpaired) electrons. The number of rotatable bonds is 2. The van der Waals surface area contributed by atoms with E-state index in [-0.39, 0.29) is 5.75 Å². The standard InChI is InChI=1S/C10H14N2O2S/c11-12(9-5-2-1-3-6-9)10-7-4-8-15(10,13)14/h1-3,5-6,10H,4,7-8,11H2. The van der Waals surface area contributed by atoms with Crippen LogP contribution in [0.2, 0.25) is 0 Å². The first-order valence-electron chi connectivity index (χ1n) is 4.92. The molecule has 2 rings (SSSR count). The summed E-state index contributed by atoms with van der Waals surface area (Å²) < 4.78 is 23.3. The second kappa shape index (κ2) is 3.83. The molecule has 1 aliphatic heterocycles. The van der Waals surface area contributed by atoms with Gasteiger partial charge in [-0.1, -0.05) is 18.2 Å². The van der Waals surface area contributed by atoms with Gasteiger partial charge in [0.1, 0.15) is 5.37 Å². The summed E-state index contributed by atoms with van der Waals surface area (Å²) in [7, 11) is -3.03. The summed E-state index contributed by atoms with van der Waals surface area (Å²) in [4.78, 5) is 0. The van der Waals surface area contributed by atoms with Gasteiger partial charge in [0, 0.05) is 0 Å². The number of para-hydroxylation sites is 1. The van der Waals surface area contributed by atoms with E-state index in [1.807, 2.05) is 30.3 Å². The Hall–Kier alpha value is -1.07. The van der Waals surface area contributed by atoms with Crippen LogP contribution in [-0.4, -0.2) is 19.5 Å². The summed E-state index contributed by atoms with van der Waals surface area (Å²) in [5.74, 6) is 6.08. The van der Waals surface area contributed by atoms with Gasteiger partial charge in [-0.05, 0) is 25.0 Å². The van der Waals surface area contributed by atoms with Gasteiger partial charge < -0.3 is 0 Å². The van der Waals surface area contributed by atoms with E-state index in [9.17, 15) is 8.42 Å². The summed E-state index contributed by atoms with van der Waals surface area (Å²) in [5, 5.41) is 0.808. The minimum atomic E-state index is -3.03. The van der Waals surface area contributed by atoms with Crippen molar-refractivity contribution in [3.05, 3.63) is 30.3 Å². The molecule has 1 atom stereocenters.